The first-order chi connectivity index (χ1) is 10.5. The molecule has 3 aromatic rings. The monoisotopic (exact) mass is 335 g/mol. The van der Waals surface area contributed by atoms with Crippen LogP contribution in [0.15, 0.2) is 53.7 Å². The fourth-order valence-electron chi connectivity index (χ4n) is 2.24. The van der Waals surface area contributed by atoms with Crippen LogP contribution in [-0.2, 0) is 16.6 Å². The summed E-state index contributed by atoms with van der Waals surface area (Å²) in [6.07, 6.45) is 3.47. The zero-order chi connectivity index (χ0) is 15.7. The predicted octanol–water partition coefficient (Wildman–Crippen LogP) is 2.77. The quantitative estimate of drug-likeness (QED) is 0.797. The first-order valence-electron chi connectivity index (χ1n) is 6.64. The van der Waals surface area contributed by atoms with E-state index in [0.29, 0.717) is 10.6 Å². The number of hydrogen-bond donors (Lipinski definition) is 1. The molecule has 3 rings (SSSR count). The average molecular weight is 336 g/mol. The Morgan fingerprint density at radius 1 is 1.27 bits per heavy atom. The van der Waals surface area contributed by atoms with E-state index in [4.69, 9.17) is 11.6 Å². The fourth-order valence-corrected chi connectivity index (χ4v) is 3.75. The van der Waals surface area contributed by atoms with Crippen molar-refractivity contribution < 1.29 is 8.42 Å². The third kappa shape index (κ3) is 2.85. The van der Waals surface area contributed by atoms with Gasteiger partial charge in [0.25, 0.3) is 0 Å². The van der Waals surface area contributed by atoms with Crippen LogP contribution in [0.2, 0.25) is 5.02 Å². The lowest BCUT2D eigenvalue weighted by atomic mass is 10.2. The van der Waals surface area contributed by atoms with E-state index < -0.39 is 10.0 Å². The van der Waals surface area contributed by atoms with E-state index in [1.807, 2.05) is 24.4 Å². The fraction of sp³-hybridized carbons (Fsp3) is 0.133. The maximum absolute atomic E-state index is 12.4. The van der Waals surface area contributed by atoms with Crippen molar-refractivity contribution in [2.24, 2.45) is 0 Å². The van der Waals surface area contributed by atoms with Gasteiger partial charge in [-0.05, 0) is 36.8 Å². The number of pyridine rings is 1. The highest BCUT2D eigenvalue weighted by Crippen LogP contribution is 2.20. The lowest BCUT2D eigenvalue weighted by Gasteiger charge is -2.09. The van der Waals surface area contributed by atoms with E-state index in [1.165, 1.54) is 6.07 Å². The Kier molecular flexibility index (Phi) is 3.90. The molecule has 0 atom stereocenters. The Bertz CT molecular complexity index is 935. The highest BCUT2D eigenvalue weighted by Gasteiger charge is 2.17. The van der Waals surface area contributed by atoms with Gasteiger partial charge < -0.3 is 0 Å². The largest absolute Gasteiger partial charge is 0.241 e. The molecule has 0 fully saturated rings. The minimum Gasteiger partial charge on any atom is -0.241 e. The standard InChI is InChI=1S/C15H14ClN3O2S/c1-11-5-6-13(16)8-15(11)22(20,21)18-10-12-9-17-19-7-3-2-4-14(12)19/h2-9,18H,10H2,1H3. The van der Waals surface area contributed by atoms with Crippen LogP contribution < -0.4 is 4.72 Å². The van der Waals surface area contributed by atoms with Crippen molar-refractivity contribution in [3.05, 3.63) is 64.9 Å². The summed E-state index contributed by atoms with van der Waals surface area (Å²) in [6, 6.07) is 10.4. The number of nitrogens with one attached hydrogen (secondary N) is 1. The molecule has 0 aliphatic heterocycles. The normalized spacial score (nSPS) is 11.9. The maximum atomic E-state index is 12.4. The third-order valence-corrected chi connectivity index (χ3v) is 5.18. The van der Waals surface area contributed by atoms with Gasteiger partial charge in [0.15, 0.2) is 0 Å². The van der Waals surface area contributed by atoms with Gasteiger partial charge in [-0.3, -0.25) is 0 Å². The van der Waals surface area contributed by atoms with Gasteiger partial charge in [-0.2, -0.15) is 5.10 Å². The van der Waals surface area contributed by atoms with Crippen molar-refractivity contribution in [1.82, 2.24) is 14.3 Å². The van der Waals surface area contributed by atoms with Crippen LogP contribution in [0.1, 0.15) is 11.1 Å². The summed E-state index contributed by atoms with van der Waals surface area (Å²) in [7, 11) is -3.63. The van der Waals surface area contributed by atoms with Gasteiger partial charge >= 0.3 is 0 Å². The third-order valence-electron chi connectivity index (χ3n) is 3.40. The molecule has 0 aliphatic carbocycles. The molecule has 0 bridgehead atoms. The number of aromatic nitrogens is 2. The SMILES string of the molecule is Cc1ccc(Cl)cc1S(=O)(=O)NCc1cnn2ccccc12. The number of aryl methyl sites for hydroxylation is 1. The van der Waals surface area contributed by atoms with Gasteiger partial charge in [0.2, 0.25) is 10.0 Å². The van der Waals surface area contributed by atoms with E-state index >= 15 is 0 Å². The molecule has 2 heterocycles. The van der Waals surface area contributed by atoms with Crippen LogP contribution >= 0.6 is 11.6 Å². The molecule has 0 saturated carbocycles. The van der Waals surface area contributed by atoms with Gasteiger partial charge in [0.05, 0.1) is 16.6 Å². The highest BCUT2D eigenvalue weighted by molar-refractivity contribution is 7.89. The number of halogens is 1. The Balaban J connectivity index is 1.88. The summed E-state index contributed by atoms with van der Waals surface area (Å²) in [5.74, 6) is 0. The molecule has 0 radical (unpaired) electrons. The van der Waals surface area contributed by atoms with Crippen molar-refractivity contribution >= 4 is 27.1 Å². The summed E-state index contributed by atoms with van der Waals surface area (Å²) in [5.41, 5.74) is 2.33. The molecular weight excluding hydrogens is 322 g/mol. The molecule has 1 N–H and O–H groups in total. The average Bonchev–Trinajstić information content (AvgIpc) is 2.91. The van der Waals surface area contributed by atoms with Crippen LogP contribution in [-0.4, -0.2) is 18.0 Å². The number of nitrogens with zero attached hydrogens (tertiary/aromatic N) is 2. The first kappa shape index (κ1) is 15.0. The lowest BCUT2D eigenvalue weighted by Crippen LogP contribution is -2.24. The van der Waals surface area contributed by atoms with E-state index in [0.717, 1.165) is 11.1 Å². The second-order valence-corrected chi connectivity index (χ2v) is 7.11. The Morgan fingerprint density at radius 3 is 2.91 bits per heavy atom. The summed E-state index contributed by atoms with van der Waals surface area (Å²) in [6.45, 7) is 1.90. The second kappa shape index (κ2) is 5.72. The van der Waals surface area contributed by atoms with E-state index in [-0.39, 0.29) is 11.4 Å². The van der Waals surface area contributed by atoms with Gasteiger partial charge in [0.1, 0.15) is 0 Å². The Labute approximate surface area is 133 Å². The Hall–Kier alpha value is -1.89. The Morgan fingerprint density at radius 2 is 2.09 bits per heavy atom. The second-order valence-electron chi connectivity index (χ2n) is 4.93. The van der Waals surface area contributed by atoms with Crippen molar-refractivity contribution in [2.75, 3.05) is 0 Å². The molecule has 0 saturated heterocycles. The molecule has 0 aliphatic rings. The van der Waals surface area contributed by atoms with E-state index in [1.54, 1.807) is 29.8 Å². The first-order valence-corrected chi connectivity index (χ1v) is 8.50. The van der Waals surface area contributed by atoms with Crippen LogP contribution in [0.4, 0.5) is 0 Å². The minimum absolute atomic E-state index is 0.168. The summed E-state index contributed by atoms with van der Waals surface area (Å²) >= 11 is 5.90. The van der Waals surface area contributed by atoms with Crippen LogP contribution in [0.3, 0.4) is 0 Å². The number of fused-ring (bicyclic) bond motifs is 1. The number of rotatable bonds is 4. The zero-order valence-electron chi connectivity index (χ0n) is 11.8. The highest BCUT2D eigenvalue weighted by atomic mass is 35.5. The molecular formula is C15H14ClN3O2S. The lowest BCUT2D eigenvalue weighted by molar-refractivity contribution is 0.581. The molecule has 5 nitrogen and oxygen atoms in total. The summed E-state index contributed by atoms with van der Waals surface area (Å²) < 4.78 is 29.2. The van der Waals surface area contributed by atoms with Crippen molar-refractivity contribution in [2.45, 2.75) is 18.4 Å². The molecule has 0 spiro atoms. The molecule has 22 heavy (non-hydrogen) atoms. The number of hydrogen-bond acceptors (Lipinski definition) is 3. The van der Waals surface area contributed by atoms with Crippen LogP contribution in [0.25, 0.3) is 5.52 Å². The van der Waals surface area contributed by atoms with Crippen LogP contribution in [0, 0.1) is 6.92 Å². The molecule has 0 unspecified atom stereocenters. The smallest absolute Gasteiger partial charge is 0.241 e. The van der Waals surface area contributed by atoms with E-state index in [9.17, 15) is 8.42 Å². The minimum atomic E-state index is -3.63. The number of benzene rings is 1. The molecule has 0 amide bonds. The molecule has 7 heteroatoms. The van der Waals surface area contributed by atoms with Gasteiger partial charge in [0, 0.05) is 23.3 Å². The summed E-state index contributed by atoms with van der Waals surface area (Å²) in [4.78, 5) is 0.191. The zero-order valence-corrected chi connectivity index (χ0v) is 13.4. The van der Waals surface area contributed by atoms with E-state index in [2.05, 4.69) is 9.82 Å². The number of sulfonamides is 1. The molecule has 2 aromatic heterocycles. The van der Waals surface area contributed by atoms with Crippen molar-refractivity contribution in [3.63, 3.8) is 0 Å². The predicted molar refractivity (Wildman–Crippen MR) is 85.4 cm³/mol. The summed E-state index contributed by atoms with van der Waals surface area (Å²) in [5, 5.41) is 4.58. The molecule has 114 valence electrons. The molecule has 1 aromatic carbocycles. The van der Waals surface area contributed by atoms with Crippen molar-refractivity contribution in [1.29, 1.82) is 0 Å². The van der Waals surface area contributed by atoms with Crippen molar-refractivity contribution in [3.8, 4) is 0 Å². The topological polar surface area (TPSA) is 63.5 Å². The van der Waals surface area contributed by atoms with Crippen LogP contribution in [0.5, 0.6) is 0 Å². The van der Waals surface area contributed by atoms with Gasteiger partial charge in [-0.15, -0.1) is 0 Å². The van der Waals surface area contributed by atoms with Gasteiger partial charge in [-0.25, -0.2) is 17.7 Å². The maximum Gasteiger partial charge on any atom is 0.241 e. The van der Waals surface area contributed by atoms with Gasteiger partial charge in [-0.1, -0.05) is 23.7 Å².